The first-order chi connectivity index (χ1) is 13.0. The first-order valence-electron chi connectivity index (χ1n) is 8.42. The molecule has 3 rings (SSSR count). The lowest BCUT2D eigenvalue weighted by Crippen LogP contribution is -2.25. The van der Waals surface area contributed by atoms with E-state index in [2.05, 4.69) is 4.98 Å². The summed E-state index contributed by atoms with van der Waals surface area (Å²) in [4.78, 5) is 5.28. The van der Waals surface area contributed by atoms with Crippen molar-refractivity contribution in [1.82, 2.24) is 4.98 Å². The van der Waals surface area contributed by atoms with Crippen LogP contribution in [0.2, 0.25) is 0 Å². The topological polar surface area (TPSA) is 16.1 Å². The maximum absolute atomic E-state index is 13.3. The molecule has 2 nitrogen and oxygen atoms in total. The Morgan fingerprint density at radius 1 is 0.786 bits per heavy atom. The molecule has 0 atom stereocenters. The van der Waals surface area contributed by atoms with E-state index in [1.54, 1.807) is 12.1 Å². The minimum atomic E-state index is -4.98. The van der Waals surface area contributed by atoms with Gasteiger partial charge in [-0.25, -0.2) is 4.98 Å². The highest BCUT2D eigenvalue weighted by atomic mass is 19.4. The summed E-state index contributed by atoms with van der Waals surface area (Å²) >= 11 is 0. The molecule has 2 aromatic carbocycles. The zero-order chi connectivity index (χ0) is 20.7. The predicted octanol–water partition coefficient (Wildman–Crippen LogP) is 6.82. The lowest BCUT2D eigenvalue weighted by Gasteiger charge is -2.29. The SMILES string of the molecule is CC(C)N(c1ccccc1)c1ccc2c(C(F)(F)F)cc(C(F)(F)F)nc2c1. The second-order valence-corrected chi connectivity index (χ2v) is 6.55. The van der Waals surface area contributed by atoms with Crippen molar-refractivity contribution in [1.29, 1.82) is 0 Å². The summed E-state index contributed by atoms with van der Waals surface area (Å²) in [6, 6.07) is 12.9. The Kier molecular flexibility index (Phi) is 4.99. The van der Waals surface area contributed by atoms with Crippen molar-refractivity contribution in [3.63, 3.8) is 0 Å². The fraction of sp³-hybridized carbons (Fsp3) is 0.250. The zero-order valence-corrected chi connectivity index (χ0v) is 14.9. The number of anilines is 2. The summed E-state index contributed by atoms with van der Waals surface area (Å²) in [6.07, 6.45) is -9.92. The number of hydrogen-bond acceptors (Lipinski definition) is 2. The Hall–Kier alpha value is -2.77. The lowest BCUT2D eigenvalue weighted by molar-refractivity contribution is -0.144. The number of benzene rings is 2. The summed E-state index contributed by atoms with van der Waals surface area (Å²) in [5, 5.41) is -0.374. The van der Waals surface area contributed by atoms with Gasteiger partial charge in [-0.3, -0.25) is 0 Å². The summed E-state index contributed by atoms with van der Waals surface area (Å²) in [5.74, 6) is 0. The maximum Gasteiger partial charge on any atom is 0.433 e. The molecule has 0 saturated carbocycles. The molecule has 0 aliphatic rings. The number of alkyl halides is 6. The highest BCUT2D eigenvalue weighted by Gasteiger charge is 2.39. The van der Waals surface area contributed by atoms with E-state index < -0.39 is 23.6 Å². The Bertz CT molecular complexity index is 978. The highest BCUT2D eigenvalue weighted by molar-refractivity contribution is 5.87. The van der Waals surface area contributed by atoms with Crippen LogP contribution in [-0.4, -0.2) is 11.0 Å². The first-order valence-corrected chi connectivity index (χ1v) is 8.42. The number of halogens is 6. The quantitative estimate of drug-likeness (QED) is 0.450. The van der Waals surface area contributed by atoms with Gasteiger partial charge in [0.1, 0.15) is 5.69 Å². The Morgan fingerprint density at radius 3 is 1.96 bits per heavy atom. The van der Waals surface area contributed by atoms with Crippen LogP contribution in [0.25, 0.3) is 10.9 Å². The second kappa shape index (κ2) is 7.00. The van der Waals surface area contributed by atoms with Crippen molar-refractivity contribution in [2.45, 2.75) is 32.2 Å². The van der Waals surface area contributed by atoms with E-state index in [1.165, 1.54) is 18.2 Å². The van der Waals surface area contributed by atoms with Gasteiger partial charge in [-0.1, -0.05) is 24.3 Å². The van der Waals surface area contributed by atoms with Gasteiger partial charge in [-0.05, 0) is 44.2 Å². The van der Waals surface area contributed by atoms with E-state index in [9.17, 15) is 26.3 Å². The van der Waals surface area contributed by atoms with Crippen LogP contribution < -0.4 is 4.90 Å². The van der Waals surface area contributed by atoms with Gasteiger partial charge in [0.25, 0.3) is 0 Å². The summed E-state index contributed by atoms with van der Waals surface area (Å²) in [5.41, 5.74) is -2.07. The third-order valence-corrected chi connectivity index (χ3v) is 4.22. The van der Waals surface area contributed by atoms with Gasteiger partial charge < -0.3 is 4.90 Å². The molecule has 0 N–H and O–H groups in total. The van der Waals surface area contributed by atoms with Crippen LogP contribution in [0.5, 0.6) is 0 Å². The number of nitrogens with zero attached hydrogens (tertiary/aromatic N) is 2. The molecule has 28 heavy (non-hydrogen) atoms. The van der Waals surface area contributed by atoms with Gasteiger partial charge in [0, 0.05) is 22.8 Å². The molecule has 0 aliphatic heterocycles. The normalized spacial score (nSPS) is 12.6. The molecule has 0 bridgehead atoms. The Morgan fingerprint density at radius 2 is 1.43 bits per heavy atom. The van der Waals surface area contributed by atoms with Crippen LogP contribution in [0.15, 0.2) is 54.6 Å². The minimum absolute atomic E-state index is 0.0550. The second-order valence-electron chi connectivity index (χ2n) is 6.55. The van der Waals surface area contributed by atoms with E-state index in [-0.39, 0.29) is 23.0 Å². The average Bonchev–Trinajstić information content (AvgIpc) is 2.59. The highest BCUT2D eigenvalue weighted by Crippen LogP contribution is 2.40. The molecule has 8 heteroatoms. The van der Waals surface area contributed by atoms with Crippen LogP contribution in [0.4, 0.5) is 37.7 Å². The maximum atomic E-state index is 13.3. The summed E-state index contributed by atoms with van der Waals surface area (Å²) in [7, 11) is 0. The largest absolute Gasteiger partial charge is 0.433 e. The molecule has 0 saturated heterocycles. The van der Waals surface area contributed by atoms with Crippen molar-refractivity contribution >= 4 is 22.3 Å². The Balaban J connectivity index is 2.25. The van der Waals surface area contributed by atoms with Crippen LogP contribution in [0.3, 0.4) is 0 Å². The number of aromatic nitrogens is 1. The van der Waals surface area contributed by atoms with Gasteiger partial charge in [0.05, 0.1) is 11.1 Å². The van der Waals surface area contributed by atoms with E-state index in [0.29, 0.717) is 5.69 Å². The molecule has 0 aliphatic carbocycles. The number of rotatable bonds is 3. The van der Waals surface area contributed by atoms with Crippen LogP contribution in [0.1, 0.15) is 25.1 Å². The van der Waals surface area contributed by atoms with Gasteiger partial charge in [0.15, 0.2) is 0 Å². The smallest absolute Gasteiger partial charge is 0.339 e. The number of hydrogen-bond donors (Lipinski definition) is 0. The zero-order valence-electron chi connectivity index (χ0n) is 14.9. The Labute approximate surface area is 157 Å². The van der Waals surface area contributed by atoms with Crippen LogP contribution in [0, 0.1) is 0 Å². The minimum Gasteiger partial charge on any atom is -0.339 e. The molecule has 1 aromatic heterocycles. The van der Waals surface area contributed by atoms with Gasteiger partial charge in [-0.2, -0.15) is 26.3 Å². The van der Waals surface area contributed by atoms with Crippen LogP contribution in [-0.2, 0) is 12.4 Å². The fourth-order valence-electron chi connectivity index (χ4n) is 3.08. The van der Waals surface area contributed by atoms with Crippen molar-refractivity contribution in [2.24, 2.45) is 0 Å². The molecule has 0 radical (unpaired) electrons. The standard InChI is InChI=1S/C20H16F6N2/c1-12(2)28(13-6-4-3-5-7-13)14-8-9-15-16(19(21,22)23)11-18(20(24,25)26)27-17(15)10-14/h3-12H,1-2H3. The van der Waals surface area contributed by atoms with Crippen molar-refractivity contribution < 1.29 is 26.3 Å². The molecule has 0 amide bonds. The van der Waals surface area contributed by atoms with E-state index in [4.69, 9.17) is 0 Å². The molecule has 3 aromatic rings. The van der Waals surface area contributed by atoms with Crippen molar-refractivity contribution in [3.05, 3.63) is 65.9 Å². The molecular formula is C20H16F6N2. The number of pyridine rings is 1. The molecule has 1 heterocycles. The third kappa shape index (κ3) is 3.90. The van der Waals surface area contributed by atoms with Crippen LogP contribution >= 0.6 is 0 Å². The van der Waals surface area contributed by atoms with E-state index >= 15 is 0 Å². The van der Waals surface area contributed by atoms with Crippen molar-refractivity contribution in [2.75, 3.05) is 4.90 Å². The third-order valence-electron chi connectivity index (χ3n) is 4.22. The molecule has 0 fully saturated rings. The molecule has 148 valence electrons. The first kappa shape index (κ1) is 20.0. The molecule has 0 unspecified atom stereocenters. The average molecular weight is 398 g/mol. The van der Waals surface area contributed by atoms with E-state index in [0.717, 1.165) is 5.69 Å². The monoisotopic (exact) mass is 398 g/mol. The van der Waals surface area contributed by atoms with Gasteiger partial charge >= 0.3 is 12.4 Å². The van der Waals surface area contributed by atoms with Gasteiger partial charge in [-0.15, -0.1) is 0 Å². The fourth-order valence-corrected chi connectivity index (χ4v) is 3.08. The number of para-hydroxylation sites is 1. The lowest BCUT2D eigenvalue weighted by atomic mass is 10.0. The number of fused-ring (bicyclic) bond motifs is 1. The van der Waals surface area contributed by atoms with Crippen molar-refractivity contribution in [3.8, 4) is 0 Å². The molecular weight excluding hydrogens is 382 g/mol. The predicted molar refractivity (Wildman–Crippen MR) is 95.5 cm³/mol. The summed E-state index contributed by atoms with van der Waals surface area (Å²) in [6.45, 7) is 3.75. The van der Waals surface area contributed by atoms with E-state index in [1.807, 2.05) is 36.9 Å². The van der Waals surface area contributed by atoms with Gasteiger partial charge in [0.2, 0.25) is 0 Å². The molecule has 0 spiro atoms. The summed E-state index contributed by atoms with van der Waals surface area (Å²) < 4.78 is 79.3.